The third kappa shape index (κ3) is 4.56. The van der Waals surface area contributed by atoms with E-state index in [1.54, 1.807) is 18.2 Å². The number of aromatic nitrogens is 1. The van der Waals surface area contributed by atoms with Gasteiger partial charge in [0.05, 0.1) is 6.61 Å². The first-order valence-corrected chi connectivity index (χ1v) is 5.82. The molecule has 0 aliphatic carbocycles. The zero-order valence-corrected chi connectivity index (χ0v) is 10.9. The van der Waals surface area contributed by atoms with Crippen molar-refractivity contribution in [2.24, 2.45) is 5.41 Å². The maximum atomic E-state index is 11.8. The Kier molecular flexibility index (Phi) is 4.87. The Morgan fingerprint density at radius 3 is 2.78 bits per heavy atom. The van der Waals surface area contributed by atoms with Gasteiger partial charge in [0.2, 0.25) is 5.91 Å². The summed E-state index contributed by atoms with van der Waals surface area (Å²) >= 11 is 0. The Labute approximate surface area is 107 Å². The van der Waals surface area contributed by atoms with Crippen LogP contribution in [0.5, 0.6) is 0 Å². The number of rotatable bonds is 2. The topological polar surface area (TPSA) is 62.2 Å². The largest absolute Gasteiger partial charge is 0.395 e. The van der Waals surface area contributed by atoms with E-state index in [1.807, 2.05) is 20.8 Å². The van der Waals surface area contributed by atoms with E-state index in [1.165, 1.54) is 0 Å². The number of aliphatic hydroxyl groups excluding tert-OH is 1. The van der Waals surface area contributed by atoms with Crippen LogP contribution < -0.4 is 5.32 Å². The maximum absolute atomic E-state index is 11.8. The highest BCUT2D eigenvalue weighted by atomic mass is 16.2. The highest BCUT2D eigenvalue weighted by molar-refractivity contribution is 5.93. The molecular formula is C14H18N2O2. The fraction of sp³-hybridized carbons (Fsp3) is 0.429. The molecule has 0 spiro atoms. The van der Waals surface area contributed by atoms with Gasteiger partial charge in [-0.3, -0.25) is 4.79 Å². The van der Waals surface area contributed by atoms with Gasteiger partial charge in [0.25, 0.3) is 0 Å². The van der Waals surface area contributed by atoms with Crippen LogP contribution in [-0.4, -0.2) is 22.6 Å². The number of hydrogen-bond acceptors (Lipinski definition) is 3. The van der Waals surface area contributed by atoms with Crippen LogP contribution >= 0.6 is 0 Å². The minimum atomic E-state index is -0.458. The van der Waals surface area contributed by atoms with Crippen molar-refractivity contribution in [2.45, 2.75) is 27.2 Å². The standard InChI is InChI=1S/C14H18N2O2/c1-14(2,3)13(18)16-12-9-6-8-11(15-12)7-4-5-10-17/h6,8-9,17H,5,10H2,1-3H3,(H,15,16,18). The van der Waals surface area contributed by atoms with Crippen molar-refractivity contribution >= 4 is 11.7 Å². The minimum Gasteiger partial charge on any atom is -0.395 e. The van der Waals surface area contributed by atoms with Gasteiger partial charge in [-0.25, -0.2) is 4.98 Å². The molecule has 1 aromatic heterocycles. The molecule has 0 aliphatic heterocycles. The van der Waals surface area contributed by atoms with E-state index in [-0.39, 0.29) is 12.5 Å². The molecular weight excluding hydrogens is 228 g/mol. The van der Waals surface area contributed by atoms with Crippen LogP contribution in [0.1, 0.15) is 32.9 Å². The molecule has 4 heteroatoms. The first-order chi connectivity index (χ1) is 8.43. The molecule has 96 valence electrons. The van der Waals surface area contributed by atoms with E-state index in [0.717, 1.165) is 0 Å². The lowest BCUT2D eigenvalue weighted by molar-refractivity contribution is -0.123. The van der Waals surface area contributed by atoms with Crippen molar-refractivity contribution < 1.29 is 9.90 Å². The SMILES string of the molecule is CC(C)(C)C(=O)Nc1cccc(C#CCCO)n1. The summed E-state index contributed by atoms with van der Waals surface area (Å²) in [5.74, 6) is 6.02. The van der Waals surface area contributed by atoms with Gasteiger partial charge < -0.3 is 10.4 Å². The van der Waals surface area contributed by atoms with Crippen molar-refractivity contribution in [3.8, 4) is 11.8 Å². The molecule has 0 radical (unpaired) electrons. The summed E-state index contributed by atoms with van der Waals surface area (Å²) < 4.78 is 0. The van der Waals surface area contributed by atoms with Crippen molar-refractivity contribution in [3.63, 3.8) is 0 Å². The van der Waals surface area contributed by atoms with Gasteiger partial charge in [-0.2, -0.15) is 0 Å². The quantitative estimate of drug-likeness (QED) is 0.782. The van der Waals surface area contributed by atoms with Gasteiger partial charge in [0.1, 0.15) is 11.5 Å². The number of nitrogens with zero attached hydrogens (tertiary/aromatic N) is 1. The monoisotopic (exact) mass is 246 g/mol. The van der Waals surface area contributed by atoms with Crippen LogP contribution in [0.2, 0.25) is 0 Å². The van der Waals surface area contributed by atoms with Crippen molar-refractivity contribution in [3.05, 3.63) is 23.9 Å². The first kappa shape index (κ1) is 14.2. The molecule has 18 heavy (non-hydrogen) atoms. The minimum absolute atomic E-state index is 0.0352. The smallest absolute Gasteiger partial charge is 0.230 e. The van der Waals surface area contributed by atoms with Crippen molar-refractivity contribution in [1.29, 1.82) is 0 Å². The summed E-state index contributed by atoms with van der Waals surface area (Å²) in [4.78, 5) is 16.0. The third-order valence-corrected chi connectivity index (χ3v) is 2.13. The average molecular weight is 246 g/mol. The molecule has 0 saturated carbocycles. The lowest BCUT2D eigenvalue weighted by Crippen LogP contribution is -2.28. The number of anilines is 1. The van der Waals surface area contributed by atoms with E-state index in [0.29, 0.717) is 17.9 Å². The Balaban J connectivity index is 2.78. The number of carbonyl (C=O) groups excluding carboxylic acids is 1. The molecule has 1 rings (SSSR count). The molecule has 0 unspecified atom stereocenters. The lowest BCUT2D eigenvalue weighted by atomic mass is 9.96. The van der Waals surface area contributed by atoms with Gasteiger partial charge in [-0.1, -0.05) is 32.8 Å². The molecule has 0 atom stereocenters. The van der Waals surface area contributed by atoms with Gasteiger partial charge in [-0.05, 0) is 18.1 Å². The van der Waals surface area contributed by atoms with E-state index in [2.05, 4.69) is 22.1 Å². The second kappa shape index (κ2) is 6.18. The van der Waals surface area contributed by atoms with E-state index < -0.39 is 5.41 Å². The summed E-state index contributed by atoms with van der Waals surface area (Å²) in [7, 11) is 0. The summed E-state index contributed by atoms with van der Waals surface area (Å²) in [6.07, 6.45) is 0.417. The molecule has 1 aromatic rings. The van der Waals surface area contributed by atoms with E-state index >= 15 is 0 Å². The number of pyridine rings is 1. The van der Waals surface area contributed by atoms with E-state index in [9.17, 15) is 4.79 Å². The first-order valence-electron chi connectivity index (χ1n) is 5.82. The molecule has 0 bridgehead atoms. The molecule has 0 aliphatic rings. The van der Waals surface area contributed by atoms with Crippen LogP contribution in [0.15, 0.2) is 18.2 Å². The van der Waals surface area contributed by atoms with Crippen LogP contribution in [0.3, 0.4) is 0 Å². The number of amides is 1. The highest BCUT2D eigenvalue weighted by Gasteiger charge is 2.21. The highest BCUT2D eigenvalue weighted by Crippen LogP contribution is 2.16. The van der Waals surface area contributed by atoms with Crippen LogP contribution in [-0.2, 0) is 4.79 Å². The number of carbonyl (C=O) groups is 1. The van der Waals surface area contributed by atoms with Gasteiger partial charge >= 0.3 is 0 Å². The summed E-state index contributed by atoms with van der Waals surface area (Å²) in [6.45, 7) is 5.56. The van der Waals surface area contributed by atoms with Crippen molar-refractivity contribution in [1.82, 2.24) is 4.98 Å². The number of aliphatic hydroxyl groups is 1. The fourth-order valence-electron chi connectivity index (χ4n) is 1.09. The second-order valence-electron chi connectivity index (χ2n) is 4.89. The number of nitrogens with one attached hydrogen (secondary N) is 1. The fourth-order valence-corrected chi connectivity index (χ4v) is 1.09. The van der Waals surface area contributed by atoms with Gasteiger partial charge in [-0.15, -0.1) is 0 Å². The summed E-state index contributed by atoms with van der Waals surface area (Å²) in [6, 6.07) is 5.27. The van der Waals surface area contributed by atoms with Crippen LogP contribution in [0.25, 0.3) is 0 Å². The van der Waals surface area contributed by atoms with Crippen molar-refractivity contribution in [2.75, 3.05) is 11.9 Å². The summed E-state index contributed by atoms with van der Waals surface area (Å²) in [5, 5.41) is 11.4. The second-order valence-corrected chi connectivity index (χ2v) is 4.89. The van der Waals surface area contributed by atoms with Gasteiger partial charge in [0.15, 0.2) is 0 Å². The lowest BCUT2D eigenvalue weighted by Gasteiger charge is -2.17. The Hall–Kier alpha value is -1.86. The Bertz CT molecular complexity index is 479. The zero-order valence-electron chi connectivity index (χ0n) is 10.9. The van der Waals surface area contributed by atoms with Crippen LogP contribution in [0.4, 0.5) is 5.82 Å². The molecule has 0 aromatic carbocycles. The van der Waals surface area contributed by atoms with Gasteiger partial charge in [0, 0.05) is 11.8 Å². The summed E-state index contributed by atoms with van der Waals surface area (Å²) in [5.41, 5.74) is 0.121. The Morgan fingerprint density at radius 1 is 1.44 bits per heavy atom. The number of hydrogen-bond donors (Lipinski definition) is 2. The predicted octanol–water partition coefficient (Wildman–Crippen LogP) is 1.80. The predicted molar refractivity (Wildman–Crippen MR) is 70.9 cm³/mol. The molecule has 0 fully saturated rings. The molecule has 1 heterocycles. The molecule has 1 amide bonds. The van der Waals surface area contributed by atoms with Crippen LogP contribution in [0, 0.1) is 17.3 Å². The maximum Gasteiger partial charge on any atom is 0.230 e. The Morgan fingerprint density at radius 2 is 2.17 bits per heavy atom. The third-order valence-electron chi connectivity index (χ3n) is 2.13. The van der Waals surface area contributed by atoms with E-state index in [4.69, 9.17) is 5.11 Å². The molecule has 0 saturated heterocycles. The molecule has 4 nitrogen and oxygen atoms in total. The zero-order chi connectivity index (χ0) is 13.6. The molecule has 2 N–H and O–H groups in total. The average Bonchev–Trinajstić information content (AvgIpc) is 2.28. The normalized spacial score (nSPS) is 10.4.